The highest BCUT2D eigenvalue weighted by Gasteiger charge is 2.43. The van der Waals surface area contributed by atoms with Crippen LogP contribution in [-0.4, -0.2) is 23.3 Å². The molecule has 0 amide bonds. The Morgan fingerprint density at radius 1 is 1.42 bits per heavy atom. The van der Waals surface area contributed by atoms with E-state index < -0.39 is 5.97 Å². The minimum absolute atomic E-state index is 0.421. The number of allylic oxidation sites excluding steroid dienone is 1. The van der Waals surface area contributed by atoms with E-state index in [0.717, 1.165) is 19.3 Å². The van der Waals surface area contributed by atoms with Crippen molar-refractivity contribution < 1.29 is 14.6 Å². The molecule has 1 aliphatic heterocycles. The van der Waals surface area contributed by atoms with Gasteiger partial charge in [-0.2, -0.15) is 0 Å². The van der Waals surface area contributed by atoms with E-state index in [1.54, 1.807) is 6.08 Å². The van der Waals surface area contributed by atoms with Crippen LogP contribution in [0, 0.1) is 5.92 Å². The number of rotatable bonds is 2. The van der Waals surface area contributed by atoms with Crippen LogP contribution in [0.4, 0.5) is 0 Å². The third-order valence-electron chi connectivity index (χ3n) is 2.56. The van der Waals surface area contributed by atoms with E-state index in [2.05, 4.69) is 0 Å². The van der Waals surface area contributed by atoms with E-state index in [1.807, 2.05) is 0 Å². The maximum absolute atomic E-state index is 10.2. The lowest BCUT2D eigenvalue weighted by atomic mass is 9.89. The van der Waals surface area contributed by atoms with Gasteiger partial charge in [0.05, 0.1) is 12.2 Å². The van der Waals surface area contributed by atoms with Gasteiger partial charge in [0.2, 0.25) is 0 Å². The Hall–Kier alpha value is -0.830. The van der Waals surface area contributed by atoms with Crippen molar-refractivity contribution in [3.63, 3.8) is 0 Å². The van der Waals surface area contributed by atoms with Crippen LogP contribution >= 0.6 is 0 Å². The molecule has 2 aliphatic rings. The predicted molar refractivity (Wildman–Crippen MR) is 42.8 cm³/mol. The number of aliphatic carboxylic acids is 1. The molecule has 0 spiro atoms. The molecule has 12 heavy (non-hydrogen) atoms. The first kappa shape index (κ1) is 7.80. The summed E-state index contributed by atoms with van der Waals surface area (Å²) in [5.41, 5.74) is 0. The van der Waals surface area contributed by atoms with Crippen molar-refractivity contribution in [2.45, 2.75) is 31.5 Å². The molecule has 2 rings (SSSR count). The van der Waals surface area contributed by atoms with Gasteiger partial charge in [0, 0.05) is 6.08 Å². The summed E-state index contributed by atoms with van der Waals surface area (Å²) in [6, 6.07) is 0. The van der Waals surface area contributed by atoms with Crippen LogP contribution in [0.2, 0.25) is 0 Å². The fourth-order valence-electron chi connectivity index (χ4n) is 1.83. The molecule has 0 aromatic rings. The first-order valence-corrected chi connectivity index (χ1v) is 4.32. The van der Waals surface area contributed by atoms with Crippen LogP contribution in [0.3, 0.4) is 0 Å². The molecular weight excluding hydrogens is 156 g/mol. The number of hydrogen-bond acceptors (Lipinski definition) is 2. The molecule has 1 saturated heterocycles. The summed E-state index contributed by atoms with van der Waals surface area (Å²) in [6.45, 7) is 0. The first-order valence-electron chi connectivity index (χ1n) is 4.32. The van der Waals surface area contributed by atoms with Crippen LogP contribution in [-0.2, 0) is 9.53 Å². The number of ether oxygens (including phenoxy) is 1. The highest BCUT2D eigenvalue weighted by atomic mass is 16.6. The molecule has 1 heterocycles. The SMILES string of the molecule is O=C(O)C=CC1CCC2OC2C1. The zero-order valence-electron chi connectivity index (χ0n) is 6.77. The molecule has 0 aromatic heterocycles. The maximum atomic E-state index is 10.2. The molecule has 0 aromatic carbocycles. The highest BCUT2D eigenvalue weighted by Crippen LogP contribution is 2.39. The van der Waals surface area contributed by atoms with Crippen molar-refractivity contribution in [1.29, 1.82) is 0 Å². The van der Waals surface area contributed by atoms with Crippen LogP contribution < -0.4 is 0 Å². The van der Waals surface area contributed by atoms with Gasteiger partial charge in [-0.1, -0.05) is 6.08 Å². The standard InChI is InChI=1S/C9H12O3/c10-9(11)4-2-6-1-3-7-8(5-6)12-7/h2,4,6-8H,1,3,5H2,(H,10,11). The molecule has 3 atom stereocenters. The second kappa shape index (κ2) is 2.90. The summed E-state index contributed by atoms with van der Waals surface area (Å²) in [7, 11) is 0. The maximum Gasteiger partial charge on any atom is 0.327 e. The summed E-state index contributed by atoms with van der Waals surface area (Å²) in [5, 5.41) is 8.40. The van der Waals surface area contributed by atoms with E-state index >= 15 is 0 Å². The largest absolute Gasteiger partial charge is 0.478 e. The summed E-state index contributed by atoms with van der Waals surface area (Å²) in [6.07, 6.45) is 7.15. The zero-order valence-corrected chi connectivity index (χ0v) is 6.77. The molecule has 66 valence electrons. The minimum Gasteiger partial charge on any atom is -0.478 e. The Kier molecular flexibility index (Phi) is 1.89. The monoisotopic (exact) mass is 168 g/mol. The molecule has 3 nitrogen and oxygen atoms in total. The van der Waals surface area contributed by atoms with Crippen molar-refractivity contribution in [2.24, 2.45) is 5.92 Å². The van der Waals surface area contributed by atoms with Gasteiger partial charge in [0.1, 0.15) is 0 Å². The third-order valence-corrected chi connectivity index (χ3v) is 2.56. The van der Waals surface area contributed by atoms with E-state index in [0.29, 0.717) is 18.1 Å². The zero-order chi connectivity index (χ0) is 8.55. The lowest BCUT2D eigenvalue weighted by Gasteiger charge is -2.13. The van der Waals surface area contributed by atoms with E-state index in [9.17, 15) is 4.79 Å². The molecule has 3 heteroatoms. The summed E-state index contributed by atoms with van der Waals surface area (Å²) in [5.74, 6) is -0.432. The minimum atomic E-state index is -0.853. The molecule has 3 unspecified atom stereocenters. The number of carboxylic acids is 1. The van der Waals surface area contributed by atoms with Gasteiger partial charge in [-0.25, -0.2) is 4.79 Å². The molecule has 0 bridgehead atoms. The van der Waals surface area contributed by atoms with Gasteiger partial charge in [-0.05, 0) is 25.2 Å². The van der Waals surface area contributed by atoms with Gasteiger partial charge >= 0.3 is 5.97 Å². The summed E-state index contributed by atoms with van der Waals surface area (Å²) >= 11 is 0. The van der Waals surface area contributed by atoms with Gasteiger partial charge < -0.3 is 9.84 Å². The normalized spacial score (nSPS) is 39.5. The Morgan fingerprint density at radius 3 is 2.92 bits per heavy atom. The number of fused-ring (bicyclic) bond motifs is 1. The smallest absolute Gasteiger partial charge is 0.327 e. The quantitative estimate of drug-likeness (QED) is 0.497. The molecule has 1 N–H and O–H groups in total. The third kappa shape index (κ3) is 1.67. The van der Waals surface area contributed by atoms with Crippen LogP contribution in [0.1, 0.15) is 19.3 Å². The average molecular weight is 168 g/mol. The molecule has 1 aliphatic carbocycles. The van der Waals surface area contributed by atoms with E-state index in [4.69, 9.17) is 9.84 Å². The van der Waals surface area contributed by atoms with Crippen molar-refractivity contribution in [3.05, 3.63) is 12.2 Å². The molecular formula is C9H12O3. The topological polar surface area (TPSA) is 49.8 Å². The van der Waals surface area contributed by atoms with Gasteiger partial charge in [0.25, 0.3) is 0 Å². The van der Waals surface area contributed by atoms with Crippen molar-refractivity contribution in [1.82, 2.24) is 0 Å². The molecule has 2 fully saturated rings. The summed E-state index contributed by atoms with van der Waals surface area (Å²) in [4.78, 5) is 10.2. The Bertz CT molecular complexity index is 222. The van der Waals surface area contributed by atoms with Crippen LogP contribution in [0.25, 0.3) is 0 Å². The lowest BCUT2D eigenvalue weighted by molar-refractivity contribution is -0.131. The van der Waals surface area contributed by atoms with Gasteiger partial charge in [-0.3, -0.25) is 0 Å². The van der Waals surface area contributed by atoms with Crippen LogP contribution in [0.15, 0.2) is 12.2 Å². The second-order valence-electron chi connectivity index (χ2n) is 3.48. The Balaban J connectivity index is 1.84. The Labute approximate surface area is 71.0 Å². The first-order chi connectivity index (χ1) is 5.75. The van der Waals surface area contributed by atoms with Crippen molar-refractivity contribution in [3.8, 4) is 0 Å². The second-order valence-corrected chi connectivity index (χ2v) is 3.48. The molecule has 1 saturated carbocycles. The fourth-order valence-corrected chi connectivity index (χ4v) is 1.83. The summed E-state index contributed by atoms with van der Waals surface area (Å²) < 4.78 is 5.33. The number of hydrogen-bond donors (Lipinski definition) is 1. The number of carbonyl (C=O) groups is 1. The fraction of sp³-hybridized carbons (Fsp3) is 0.667. The van der Waals surface area contributed by atoms with Gasteiger partial charge in [-0.15, -0.1) is 0 Å². The van der Waals surface area contributed by atoms with E-state index in [-0.39, 0.29) is 0 Å². The number of carboxylic acid groups (broad SMARTS) is 1. The lowest BCUT2D eigenvalue weighted by Crippen LogP contribution is -2.11. The van der Waals surface area contributed by atoms with Gasteiger partial charge in [0.15, 0.2) is 0 Å². The van der Waals surface area contributed by atoms with Crippen molar-refractivity contribution >= 4 is 5.97 Å². The highest BCUT2D eigenvalue weighted by molar-refractivity contribution is 5.79. The number of epoxide rings is 1. The predicted octanol–water partition coefficient (Wildman–Crippen LogP) is 1.19. The van der Waals surface area contributed by atoms with Crippen molar-refractivity contribution in [2.75, 3.05) is 0 Å². The Morgan fingerprint density at radius 2 is 2.25 bits per heavy atom. The van der Waals surface area contributed by atoms with Crippen LogP contribution in [0.5, 0.6) is 0 Å². The van der Waals surface area contributed by atoms with E-state index in [1.165, 1.54) is 6.08 Å². The molecule has 0 radical (unpaired) electrons. The average Bonchev–Trinajstić information content (AvgIpc) is 2.78.